The summed E-state index contributed by atoms with van der Waals surface area (Å²) in [6, 6.07) is -5.57. The molecule has 0 aromatic heterocycles. The van der Waals surface area contributed by atoms with Gasteiger partial charge in [-0.3, -0.25) is 24.0 Å². The number of aliphatic hydroxyl groups excluding tert-OH is 5. The predicted molar refractivity (Wildman–Crippen MR) is 146 cm³/mol. The minimum atomic E-state index is -1.96. The standard InChI is InChI=1S/C25H43N5O14/c1-9(18(36)19(37)14(34)7-31)28-16(35)6-5-13(22(27)39)29-23(40)10(2)30(12(4)33)24-17(26)21(43-11(3)25(41)42)20(38)15(8-32)44-24/h9-11,13-15,17,19-21,24,31-32,34,37-38H,5-8,26H2,1-4H3,(H2,27,39)(H,28,35)(H,29,40)(H,41,42)/t9-,10-,11+,13-,14?,15+,17+,19?,20+,21+,24?/m0/s1. The Hall–Kier alpha value is -3.30. The third kappa shape index (κ3) is 10.1. The zero-order valence-corrected chi connectivity index (χ0v) is 24.7. The van der Waals surface area contributed by atoms with Gasteiger partial charge in [0.25, 0.3) is 0 Å². The molecule has 0 bridgehead atoms. The Kier molecular flexibility index (Phi) is 15.2. The molecule has 12 N–H and O–H groups in total. The number of hydrogen-bond donors (Lipinski definition) is 10. The number of ketones is 1. The summed E-state index contributed by atoms with van der Waals surface area (Å²) < 4.78 is 11.0. The summed E-state index contributed by atoms with van der Waals surface area (Å²) in [4.78, 5) is 74.5. The highest BCUT2D eigenvalue weighted by atomic mass is 16.6. The average Bonchev–Trinajstić information content (AvgIpc) is 2.96. The molecule has 252 valence electrons. The van der Waals surface area contributed by atoms with Gasteiger partial charge in [0, 0.05) is 13.3 Å². The summed E-state index contributed by atoms with van der Waals surface area (Å²) in [5.74, 6) is -5.92. The maximum absolute atomic E-state index is 13.2. The summed E-state index contributed by atoms with van der Waals surface area (Å²) in [5, 5.41) is 62.0. The lowest BCUT2D eigenvalue weighted by Crippen LogP contribution is -2.70. The first-order valence-corrected chi connectivity index (χ1v) is 13.7. The van der Waals surface area contributed by atoms with Crippen molar-refractivity contribution in [2.24, 2.45) is 11.5 Å². The van der Waals surface area contributed by atoms with Crippen molar-refractivity contribution in [1.82, 2.24) is 15.5 Å². The van der Waals surface area contributed by atoms with Crippen LogP contribution >= 0.6 is 0 Å². The van der Waals surface area contributed by atoms with Crippen LogP contribution in [0, 0.1) is 0 Å². The second-order valence-electron chi connectivity index (χ2n) is 10.4. The van der Waals surface area contributed by atoms with Gasteiger partial charge in [-0.25, -0.2) is 4.79 Å². The zero-order chi connectivity index (χ0) is 34.0. The summed E-state index contributed by atoms with van der Waals surface area (Å²) in [7, 11) is 0. The third-order valence-electron chi connectivity index (χ3n) is 7.03. The minimum absolute atomic E-state index is 0.358. The fourth-order valence-corrected chi connectivity index (χ4v) is 4.40. The van der Waals surface area contributed by atoms with Crippen molar-refractivity contribution in [3.8, 4) is 0 Å². The van der Waals surface area contributed by atoms with Crippen LogP contribution < -0.4 is 22.1 Å². The normalized spacial score (nSPS) is 25.8. The van der Waals surface area contributed by atoms with Crippen LogP contribution in [0.15, 0.2) is 0 Å². The van der Waals surface area contributed by atoms with Crippen molar-refractivity contribution >= 4 is 35.4 Å². The van der Waals surface area contributed by atoms with Gasteiger partial charge in [0.05, 0.1) is 25.3 Å². The second-order valence-corrected chi connectivity index (χ2v) is 10.4. The van der Waals surface area contributed by atoms with Gasteiger partial charge in [-0.05, 0) is 27.2 Å². The van der Waals surface area contributed by atoms with Gasteiger partial charge in [-0.2, -0.15) is 0 Å². The van der Waals surface area contributed by atoms with Crippen LogP contribution in [0.25, 0.3) is 0 Å². The average molecular weight is 638 g/mol. The Morgan fingerprint density at radius 3 is 2.11 bits per heavy atom. The molecule has 11 atom stereocenters. The van der Waals surface area contributed by atoms with Crippen molar-refractivity contribution in [2.45, 2.75) is 108 Å². The molecule has 3 unspecified atom stereocenters. The maximum Gasteiger partial charge on any atom is 0.332 e. The molecule has 0 aromatic rings. The van der Waals surface area contributed by atoms with E-state index >= 15 is 0 Å². The predicted octanol–water partition coefficient (Wildman–Crippen LogP) is -5.97. The molecule has 1 fully saturated rings. The molecular formula is C25H43N5O14. The topological polar surface area (TPSA) is 322 Å². The number of nitrogens with two attached hydrogens (primary N) is 2. The number of rotatable bonds is 17. The smallest absolute Gasteiger partial charge is 0.332 e. The van der Waals surface area contributed by atoms with Crippen LogP contribution in [0.1, 0.15) is 40.5 Å². The monoisotopic (exact) mass is 637 g/mol. The highest BCUT2D eigenvalue weighted by Crippen LogP contribution is 2.27. The van der Waals surface area contributed by atoms with Crippen LogP contribution in [0.2, 0.25) is 0 Å². The Morgan fingerprint density at radius 2 is 1.64 bits per heavy atom. The number of carbonyl (C=O) groups is 6. The van der Waals surface area contributed by atoms with Crippen molar-refractivity contribution in [2.75, 3.05) is 13.2 Å². The van der Waals surface area contributed by atoms with Crippen molar-refractivity contribution in [3.63, 3.8) is 0 Å². The number of aliphatic carboxylic acids is 1. The van der Waals surface area contributed by atoms with E-state index in [1.807, 2.05) is 0 Å². The number of primary amides is 1. The fraction of sp³-hybridized carbons (Fsp3) is 0.760. The summed E-state index contributed by atoms with van der Waals surface area (Å²) in [5.41, 5.74) is 11.6. The molecule has 19 nitrogen and oxygen atoms in total. The Morgan fingerprint density at radius 1 is 1.05 bits per heavy atom. The van der Waals surface area contributed by atoms with Gasteiger partial charge < -0.3 is 67.1 Å². The minimum Gasteiger partial charge on any atom is -0.479 e. The van der Waals surface area contributed by atoms with Gasteiger partial charge in [0.15, 0.2) is 18.1 Å². The Bertz CT molecular complexity index is 1050. The quantitative estimate of drug-likeness (QED) is 0.0709. The second kappa shape index (κ2) is 17.3. The number of nitrogens with zero attached hydrogens (tertiary/aromatic N) is 1. The molecule has 1 aliphatic heterocycles. The van der Waals surface area contributed by atoms with Crippen LogP contribution in [0.4, 0.5) is 0 Å². The number of carboxylic acids is 1. The number of carbonyl (C=O) groups excluding carboxylic acids is 5. The summed E-state index contributed by atoms with van der Waals surface area (Å²) in [6.45, 7) is 3.01. The first-order chi connectivity index (χ1) is 20.4. The Balaban J connectivity index is 3.02. The molecule has 44 heavy (non-hydrogen) atoms. The van der Waals surface area contributed by atoms with Crippen molar-refractivity contribution < 1.29 is 68.9 Å². The van der Waals surface area contributed by atoms with E-state index < -0.39 is 122 Å². The lowest BCUT2D eigenvalue weighted by Gasteiger charge is -2.48. The first-order valence-electron chi connectivity index (χ1n) is 13.7. The molecule has 0 aliphatic carbocycles. The molecular weight excluding hydrogens is 594 g/mol. The molecule has 4 amide bonds. The van der Waals surface area contributed by atoms with E-state index in [1.54, 1.807) is 0 Å². The van der Waals surface area contributed by atoms with E-state index in [4.69, 9.17) is 26.0 Å². The molecule has 0 spiro atoms. The zero-order valence-electron chi connectivity index (χ0n) is 24.7. The lowest BCUT2D eigenvalue weighted by molar-refractivity contribution is -0.245. The number of hydrogen-bond acceptors (Lipinski definition) is 14. The molecule has 0 radical (unpaired) electrons. The summed E-state index contributed by atoms with van der Waals surface area (Å²) >= 11 is 0. The fourth-order valence-electron chi connectivity index (χ4n) is 4.40. The number of ether oxygens (including phenoxy) is 2. The molecule has 1 aliphatic rings. The van der Waals surface area contributed by atoms with E-state index in [0.717, 1.165) is 11.8 Å². The SMILES string of the molecule is CC(=O)N(C1O[C@H](CO)[C@@H](O)[C@H](O[C@H](C)C(=O)O)[C@H]1N)[C@@H](C)C(=O)N[C@@H](CCC(=O)N[C@@H](C)C(=O)C(O)C(O)CO)C(N)=O. The lowest BCUT2D eigenvalue weighted by atomic mass is 9.94. The van der Waals surface area contributed by atoms with E-state index in [1.165, 1.54) is 20.8 Å². The van der Waals surface area contributed by atoms with Crippen LogP contribution in [-0.4, -0.2) is 151 Å². The van der Waals surface area contributed by atoms with E-state index in [9.17, 15) is 54.3 Å². The number of Topliss-reactive ketones (excluding diaryl/α,β-unsaturated/α-hetero) is 1. The molecule has 1 saturated heterocycles. The van der Waals surface area contributed by atoms with Gasteiger partial charge in [0.2, 0.25) is 23.6 Å². The third-order valence-corrected chi connectivity index (χ3v) is 7.03. The first kappa shape index (κ1) is 38.7. The van der Waals surface area contributed by atoms with E-state index in [0.29, 0.717) is 0 Å². The van der Waals surface area contributed by atoms with E-state index in [-0.39, 0.29) is 6.42 Å². The van der Waals surface area contributed by atoms with Gasteiger partial charge in [-0.1, -0.05) is 0 Å². The highest BCUT2D eigenvalue weighted by molar-refractivity contribution is 5.93. The molecule has 1 heterocycles. The van der Waals surface area contributed by atoms with Crippen LogP contribution in [0.5, 0.6) is 0 Å². The van der Waals surface area contributed by atoms with Gasteiger partial charge in [0.1, 0.15) is 42.6 Å². The number of aliphatic hydroxyl groups is 5. The number of amides is 4. The van der Waals surface area contributed by atoms with Gasteiger partial charge >= 0.3 is 5.97 Å². The largest absolute Gasteiger partial charge is 0.479 e. The van der Waals surface area contributed by atoms with Crippen molar-refractivity contribution in [3.05, 3.63) is 0 Å². The maximum atomic E-state index is 13.2. The van der Waals surface area contributed by atoms with Crippen LogP contribution in [-0.2, 0) is 38.2 Å². The number of carboxylic acid groups (broad SMARTS) is 1. The highest BCUT2D eigenvalue weighted by Gasteiger charge is 2.49. The summed E-state index contributed by atoms with van der Waals surface area (Å²) in [6.07, 6.45) is -11.9. The Labute approximate surface area is 252 Å². The molecule has 0 aromatic carbocycles. The van der Waals surface area contributed by atoms with E-state index in [2.05, 4.69) is 10.6 Å². The molecule has 0 saturated carbocycles. The molecule has 1 rings (SSSR count). The number of nitrogens with one attached hydrogen (secondary N) is 2. The molecule has 19 heteroatoms. The van der Waals surface area contributed by atoms with Gasteiger partial charge in [-0.15, -0.1) is 0 Å². The van der Waals surface area contributed by atoms with Crippen molar-refractivity contribution in [1.29, 1.82) is 0 Å². The van der Waals surface area contributed by atoms with Crippen LogP contribution in [0.3, 0.4) is 0 Å².